The minimum atomic E-state index is 0.386. The number of aromatic nitrogens is 3. The van der Waals surface area contributed by atoms with Crippen LogP contribution in [0.2, 0.25) is 0 Å². The van der Waals surface area contributed by atoms with E-state index in [-0.39, 0.29) is 0 Å². The van der Waals surface area contributed by atoms with E-state index >= 15 is 0 Å². The van der Waals surface area contributed by atoms with Crippen LogP contribution in [-0.2, 0) is 19.2 Å². The Kier molecular flexibility index (Phi) is 3.83. The molecule has 0 saturated heterocycles. The number of quaternary nitrogens is 1. The van der Waals surface area contributed by atoms with Gasteiger partial charge in [0.25, 0.3) is 0 Å². The molecule has 5 heteroatoms. The Morgan fingerprint density at radius 2 is 2.00 bits per heavy atom. The summed E-state index contributed by atoms with van der Waals surface area (Å²) in [7, 11) is 4.25. The zero-order valence-electron chi connectivity index (χ0n) is 9.24. The average Bonchev–Trinajstić information content (AvgIpc) is 2.43. The summed E-state index contributed by atoms with van der Waals surface area (Å²) in [6.07, 6.45) is 0. The Morgan fingerprint density at radius 3 is 2.50 bits per heavy atom. The van der Waals surface area contributed by atoms with Gasteiger partial charge in [-0.15, -0.1) is 5.10 Å². The van der Waals surface area contributed by atoms with Crippen LogP contribution in [0.5, 0.6) is 0 Å². The molecule has 0 spiro atoms. The van der Waals surface area contributed by atoms with Crippen molar-refractivity contribution in [1.29, 1.82) is 0 Å². The lowest BCUT2D eigenvalue weighted by Crippen LogP contribution is -3.06. The SMILES string of the molecule is CC(C)c1nnc([S-])n1CC[NH+](C)C. The summed E-state index contributed by atoms with van der Waals surface area (Å²) in [5.74, 6) is 1.38. The highest BCUT2D eigenvalue weighted by Crippen LogP contribution is 2.12. The van der Waals surface area contributed by atoms with Crippen LogP contribution in [0.15, 0.2) is 5.16 Å². The van der Waals surface area contributed by atoms with Gasteiger partial charge in [0, 0.05) is 11.1 Å². The molecular formula is C9H18N4S. The van der Waals surface area contributed by atoms with Gasteiger partial charge in [-0.3, -0.25) is 0 Å². The van der Waals surface area contributed by atoms with Crippen molar-refractivity contribution in [2.75, 3.05) is 20.6 Å². The molecule has 0 radical (unpaired) electrons. The molecule has 1 rings (SSSR count). The van der Waals surface area contributed by atoms with Gasteiger partial charge in [0.1, 0.15) is 5.82 Å². The highest BCUT2D eigenvalue weighted by atomic mass is 32.1. The number of nitrogens with one attached hydrogen (secondary N) is 1. The minimum absolute atomic E-state index is 0.386. The van der Waals surface area contributed by atoms with Gasteiger partial charge >= 0.3 is 0 Å². The first-order valence-electron chi connectivity index (χ1n) is 4.91. The highest BCUT2D eigenvalue weighted by molar-refractivity contribution is 7.58. The highest BCUT2D eigenvalue weighted by Gasteiger charge is 2.09. The fraction of sp³-hybridized carbons (Fsp3) is 0.778. The maximum atomic E-state index is 5.12. The van der Waals surface area contributed by atoms with Crippen LogP contribution in [0.4, 0.5) is 0 Å². The van der Waals surface area contributed by atoms with Crippen molar-refractivity contribution in [3.63, 3.8) is 0 Å². The molecule has 0 aliphatic rings. The second-order valence-corrected chi connectivity index (χ2v) is 4.47. The van der Waals surface area contributed by atoms with Crippen molar-refractivity contribution in [3.8, 4) is 0 Å². The molecule has 0 unspecified atom stereocenters. The first kappa shape index (κ1) is 11.4. The Bertz CT molecular complexity index is 293. The summed E-state index contributed by atoms with van der Waals surface area (Å²) >= 11 is 5.12. The van der Waals surface area contributed by atoms with Crippen LogP contribution in [-0.4, -0.2) is 35.4 Å². The molecule has 0 bridgehead atoms. The van der Waals surface area contributed by atoms with E-state index in [0.29, 0.717) is 11.1 Å². The van der Waals surface area contributed by atoms with Crippen molar-refractivity contribution < 1.29 is 4.90 Å². The topological polar surface area (TPSA) is 35.1 Å². The average molecular weight is 214 g/mol. The summed E-state index contributed by atoms with van der Waals surface area (Å²) in [6, 6.07) is 0. The second kappa shape index (κ2) is 4.70. The van der Waals surface area contributed by atoms with Gasteiger partial charge in [-0.1, -0.05) is 13.8 Å². The maximum absolute atomic E-state index is 5.12. The van der Waals surface area contributed by atoms with Crippen LogP contribution in [0.25, 0.3) is 0 Å². The fourth-order valence-corrected chi connectivity index (χ4v) is 1.50. The Balaban J connectivity index is 2.77. The van der Waals surface area contributed by atoms with E-state index in [1.165, 1.54) is 4.90 Å². The molecule has 14 heavy (non-hydrogen) atoms. The molecule has 0 saturated carbocycles. The molecule has 0 aliphatic carbocycles. The smallest absolute Gasteiger partial charge is 0.134 e. The standard InChI is InChI=1S/C9H18N4S/c1-7(2)8-10-11-9(14)13(8)6-5-12(3)4/h7H,5-6H2,1-4H3,(H,11,14). The molecule has 80 valence electrons. The van der Waals surface area contributed by atoms with Crippen molar-refractivity contribution in [2.45, 2.75) is 31.5 Å². The lowest BCUT2D eigenvalue weighted by Gasteiger charge is -2.15. The first-order valence-corrected chi connectivity index (χ1v) is 5.32. The van der Waals surface area contributed by atoms with E-state index in [1.54, 1.807) is 0 Å². The molecular weight excluding hydrogens is 196 g/mol. The molecule has 1 heterocycles. The first-order chi connectivity index (χ1) is 6.52. The van der Waals surface area contributed by atoms with E-state index in [1.807, 2.05) is 4.57 Å². The normalized spacial score (nSPS) is 11.6. The molecule has 1 N–H and O–H groups in total. The van der Waals surface area contributed by atoms with Crippen LogP contribution < -0.4 is 4.90 Å². The molecule has 0 fully saturated rings. The third kappa shape index (κ3) is 2.65. The monoisotopic (exact) mass is 214 g/mol. The largest absolute Gasteiger partial charge is 0.740 e. The molecule has 4 nitrogen and oxygen atoms in total. The van der Waals surface area contributed by atoms with E-state index in [0.717, 1.165) is 18.9 Å². The number of likely N-dealkylation sites (N-methyl/N-ethyl adjacent to an activating group) is 1. The van der Waals surface area contributed by atoms with Crippen LogP contribution in [0.1, 0.15) is 25.6 Å². The number of nitrogens with zero attached hydrogens (tertiary/aromatic N) is 3. The summed E-state index contributed by atoms with van der Waals surface area (Å²) in [4.78, 5) is 1.41. The third-order valence-electron chi connectivity index (χ3n) is 2.10. The Morgan fingerprint density at radius 1 is 1.36 bits per heavy atom. The summed E-state index contributed by atoms with van der Waals surface area (Å²) in [5, 5.41) is 8.63. The molecule has 0 atom stereocenters. The van der Waals surface area contributed by atoms with Crippen LogP contribution in [0.3, 0.4) is 0 Å². The summed E-state index contributed by atoms with van der Waals surface area (Å²) in [6.45, 7) is 6.17. The number of hydrogen-bond acceptors (Lipinski definition) is 3. The fourth-order valence-electron chi connectivity index (χ4n) is 1.27. The quantitative estimate of drug-likeness (QED) is 0.683. The lowest BCUT2D eigenvalue weighted by molar-refractivity contribution is -0.859. The van der Waals surface area contributed by atoms with Gasteiger partial charge in [0.05, 0.1) is 27.2 Å². The number of hydrogen-bond donors (Lipinski definition) is 1. The molecule has 1 aromatic rings. The lowest BCUT2D eigenvalue weighted by atomic mass is 10.2. The van der Waals surface area contributed by atoms with Gasteiger partial charge in [-0.25, -0.2) is 0 Å². The van der Waals surface area contributed by atoms with E-state index in [9.17, 15) is 0 Å². The molecule has 0 aromatic carbocycles. The van der Waals surface area contributed by atoms with E-state index in [2.05, 4.69) is 38.1 Å². The minimum Gasteiger partial charge on any atom is -0.740 e. The van der Waals surface area contributed by atoms with Gasteiger partial charge in [0.15, 0.2) is 0 Å². The zero-order valence-corrected chi connectivity index (χ0v) is 10.1. The van der Waals surface area contributed by atoms with Gasteiger partial charge < -0.3 is 22.1 Å². The summed E-state index contributed by atoms with van der Waals surface area (Å²) in [5.41, 5.74) is 0. The Labute approximate surface area is 90.7 Å². The number of rotatable bonds is 4. The van der Waals surface area contributed by atoms with Crippen molar-refractivity contribution in [3.05, 3.63) is 5.82 Å². The Hall–Kier alpha value is -0.680. The van der Waals surface area contributed by atoms with E-state index < -0.39 is 0 Å². The third-order valence-corrected chi connectivity index (χ3v) is 2.40. The van der Waals surface area contributed by atoms with Crippen LogP contribution in [0, 0.1) is 0 Å². The van der Waals surface area contributed by atoms with Crippen molar-refractivity contribution in [1.82, 2.24) is 14.8 Å². The van der Waals surface area contributed by atoms with Crippen molar-refractivity contribution >= 4 is 12.6 Å². The molecule has 1 aromatic heterocycles. The van der Waals surface area contributed by atoms with Gasteiger partial charge in [-0.2, -0.15) is 5.10 Å². The van der Waals surface area contributed by atoms with Gasteiger partial charge in [0.2, 0.25) is 0 Å². The van der Waals surface area contributed by atoms with Crippen LogP contribution >= 0.6 is 0 Å². The zero-order chi connectivity index (χ0) is 10.7. The predicted octanol–water partition coefficient (Wildman–Crippen LogP) is -0.548. The van der Waals surface area contributed by atoms with E-state index in [4.69, 9.17) is 12.6 Å². The molecule has 0 amide bonds. The predicted molar refractivity (Wildman–Crippen MR) is 57.4 cm³/mol. The summed E-state index contributed by atoms with van der Waals surface area (Å²) < 4.78 is 2.03. The van der Waals surface area contributed by atoms with Crippen molar-refractivity contribution in [2.24, 2.45) is 0 Å². The molecule has 0 aliphatic heterocycles. The van der Waals surface area contributed by atoms with Gasteiger partial charge in [-0.05, 0) is 0 Å². The second-order valence-electron chi connectivity index (χ2n) is 4.10. The maximum Gasteiger partial charge on any atom is 0.134 e.